The summed E-state index contributed by atoms with van der Waals surface area (Å²) in [6.07, 6.45) is 2.39. The van der Waals surface area contributed by atoms with Gasteiger partial charge in [-0.1, -0.05) is 53.5 Å². The molecular weight excluding hydrogens is 359 g/mol. The van der Waals surface area contributed by atoms with E-state index >= 15 is 0 Å². The van der Waals surface area contributed by atoms with Gasteiger partial charge in [-0.2, -0.15) is 0 Å². The average molecular weight is 377 g/mol. The maximum absolute atomic E-state index is 12.6. The Morgan fingerprint density at radius 3 is 2.44 bits per heavy atom. The van der Waals surface area contributed by atoms with Crippen molar-refractivity contribution in [3.8, 4) is 0 Å². The Morgan fingerprint density at radius 1 is 1.08 bits per heavy atom. The van der Waals surface area contributed by atoms with Crippen molar-refractivity contribution in [3.05, 3.63) is 69.7 Å². The van der Waals surface area contributed by atoms with E-state index in [0.29, 0.717) is 17.0 Å². The molecule has 0 spiro atoms. The molecular formula is C19H18Cl2N2O2. The van der Waals surface area contributed by atoms with Gasteiger partial charge in [0.2, 0.25) is 5.91 Å². The molecule has 2 aromatic rings. The van der Waals surface area contributed by atoms with Crippen LogP contribution < -0.4 is 10.6 Å². The van der Waals surface area contributed by atoms with E-state index in [4.69, 9.17) is 23.2 Å². The number of amides is 2. The second-order valence-corrected chi connectivity index (χ2v) is 6.97. The van der Waals surface area contributed by atoms with Gasteiger partial charge in [-0.15, -0.1) is 0 Å². The normalized spacial score (nSPS) is 14.6. The molecule has 25 heavy (non-hydrogen) atoms. The number of carbonyl (C=O) groups is 2. The summed E-state index contributed by atoms with van der Waals surface area (Å²) in [6, 6.07) is 13.8. The second-order valence-electron chi connectivity index (χ2n) is 6.12. The molecule has 2 amide bonds. The van der Waals surface area contributed by atoms with E-state index in [9.17, 15) is 9.59 Å². The van der Waals surface area contributed by atoms with E-state index in [1.165, 1.54) is 6.07 Å². The van der Waals surface area contributed by atoms with Crippen molar-refractivity contribution in [2.45, 2.75) is 31.3 Å². The number of nitrogens with one attached hydrogen (secondary N) is 2. The van der Waals surface area contributed by atoms with Gasteiger partial charge in [0.1, 0.15) is 6.04 Å². The topological polar surface area (TPSA) is 58.2 Å². The van der Waals surface area contributed by atoms with Crippen molar-refractivity contribution in [2.24, 2.45) is 0 Å². The number of carbonyl (C=O) groups excluding carboxylic acids is 2. The Balaban J connectivity index is 1.75. The highest BCUT2D eigenvalue weighted by molar-refractivity contribution is 6.36. The lowest BCUT2D eigenvalue weighted by atomic mass is 10.0. The third kappa shape index (κ3) is 4.97. The minimum atomic E-state index is -0.665. The first-order chi connectivity index (χ1) is 12.0. The molecule has 2 N–H and O–H groups in total. The SMILES string of the molecule is O=C(N[C@H](Cc1ccccc1)C(=O)NC1CC1)c1ccc(Cl)cc1Cl. The summed E-state index contributed by atoms with van der Waals surface area (Å²) in [7, 11) is 0. The maximum Gasteiger partial charge on any atom is 0.253 e. The Morgan fingerprint density at radius 2 is 1.80 bits per heavy atom. The highest BCUT2D eigenvalue weighted by Crippen LogP contribution is 2.22. The molecule has 1 fully saturated rings. The molecule has 0 unspecified atom stereocenters. The molecule has 6 heteroatoms. The molecule has 0 saturated heterocycles. The summed E-state index contributed by atoms with van der Waals surface area (Å²) in [6.45, 7) is 0. The first kappa shape index (κ1) is 17.8. The predicted octanol–water partition coefficient (Wildman–Crippen LogP) is 3.61. The van der Waals surface area contributed by atoms with E-state index in [1.54, 1.807) is 12.1 Å². The zero-order valence-corrected chi connectivity index (χ0v) is 15.0. The van der Waals surface area contributed by atoms with Crippen LogP contribution in [0.1, 0.15) is 28.8 Å². The molecule has 1 saturated carbocycles. The van der Waals surface area contributed by atoms with Crippen LogP contribution in [0.2, 0.25) is 10.0 Å². The quantitative estimate of drug-likeness (QED) is 0.808. The molecule has 4 nitrogen and oxygen atoms in total. The van der Waals surface area contributed by atoms with E-state index in [-0.39, 0.29) is 17.0 Å². The van der Waals surface area contributed by atoms with Gasteiger partial charge in [-0.3, -0.25) is 9.59 Å². The Bertz CT molecular complexity index is 776. The van der Waals surface area contributed by atoms with Crippen LogP contribution in [0.25, 0.3) is 0 Å². The van der Waals surface area contributed by atoms with Crippen molar-refractivity contribution in [3.63, 3.8) is 0 Å². The highest BCUT2D eigenvalue weighted by atomic mass is 35.5. The fourth-order valence-corrected chi connectivity index (χ4v) is 2.99. The van der Waals surface area contributed by atoms with Gasteiger partial charge in [-0.05, 0) is 36.6 Å². The van der Waals surface area contributed by atoms with Gasteiger partial charge in [0.15, 0.2) is 0 Å². The molecule has 1 aliphatic rings. The Labute approximate surface area is 156 Å². The van der Waals surface area contributed by atoms with Crippen LogP contribution >= 0.6 is 23.2 Å². The summed E-state index contributed by atoms with van der Waals surface area (Å²) >= 11 is 12.0. The van der Waals surface area contributed by atoms with Crippen LogP contribution in [0.3, 0.4) is 0 Å². The zero-order valence-electron chi connectivity index (χ0n) is 13.5. The van der Waals surface area contributed by atoms with E-state index in [0.717, 1.165) is 18.4 Å². The summed E-state index contributed by atoms with van der Waals surface area (Å²) in [5, 5.41) is 6.45. The smallest absolute Gasteiger partial charge is 0.253 e. The van der Waals surface area contributed by atoms with Crippen molar-refractivity contribution in [1.82, 2.24) is 10.6 Å². The Hall–Kier alpha value is -2.04. The fourth-order valence-electron chi connectivity index (χ4n) is 2.50. The number of hydrogen-bond acceptors (Lipinski definition) is 2. The third-order valence-electron chi connectivity index (χ3n) is 4.00. The van der Waals surface area contributed by atoms with Crippen LogP contribution in [0.5, 0.6) is 0 Å². The van der Waals surface area contributed by atoms with Crippen LogP contribution in [0.15, 0.2) is 48.5 Å². The molecule has 0 aliphatic heterocycles. The van der Waals surface area contributed by atoms with Crippen molar-refractivity contribution < 1.29 is 9.59 Å². The minimum absolute atomic E-state index is 0.176. The molecule has 0 bridgehead atoms. The molecule has 130 valence electrons. The molecule has 0 aromatic heterocycles. The largest absolute Gasteiger partial charge is 0.352 e. The summed E-state index contributed by atoms with van der Waals surface area (Å²) in [4.78, 5) is 25.1. The van der Waals surface area contributed by atoms with Gasteiger partial charge < -0.3 is 10.6 Å². The third-order valence-corrected chi connectivity index (χ3v) is 4.55. The molecule has 3 rings (SSSR count). The standard InChI is InChI=1S/C19H18Cl2N2O2/c20-13-6-9-15(16(21)11-13)18(24)23-17(19(25)22-14-7-8-14)10-12-4-2-1-3-5-12/h1-6,9,11,14,17H,7-8,10H2,(H,22,25)(H,23,24)/t17-/m1/s1. The zero-order chi connectivity index (χ0) is 17.8. The van der Waals surface area contributed by atoms with Crippen LogP contribution in [0.4, 0.5) is 0 Å². The summed E-state index contributed by atoms with van der Waals surface area (Å²) < 4.78 is 0. The fraction of sp³-hybridized carbons (Fsp3) is 0.263. The molecule has 1 aliphatic carbocycles. The molecule has 2 aromatic carbocycles. The van der Waals surface area contributed by atoms with E-state index in [1.807, 2.05) is 30.3 Å². The van der Waals surface area contributed by atoms with Crippen LogP contribution in [-0.2, 0) is 11.2 Å². The molecule has 0 heterocycles. The highest BCUT2D eigenvalue weighted by Gasteiger charge is 2.29. The minimum Gasteiger partial charge on any atom is -0.352 e. The lowest BCUT2D eigenvalue weighted by Gasteiger charge is -2.19. The summed E-state index contributed by atoms with van der Waals surface area (Å²) in [5.74, 6) is -0.571. The summed E-state index contributed by atoms with van der Waals surface area (Å²) in [5.41, 5.74) is 1.27. The lowest BCUT2D eigenvalue weighted by molar-refractivity contribution is -0.123. The first-order valence-corrected chi connectivity index (χ1v) is 8.89. The van der Waals surface area contributed by atoms with E-state index < -0.39 is 11.9 Å². The van der Waals surface area contributed by atoms with Crippen molar-refractivity contribution >= 4 is 35.0 Å². The lowest BCUT2D eigenvalue weighted by Crippen LogP contribution is -2.48. The van der Waals surface area contributed by atoms with Gasteiger partial charge in [0.05, 0.1) is 10.6 Å². The number of rotatable bonds is 6. The van der Waals surface area contributed by atoms with Crippen LogP contribution in [0, 0.1) is 0 Å². The maximum atomic E-state index is 12.6. The predicted molar refractivity (Wildman–Crippen MR) is 99.0 cm³/mol. The number of hydrogen-bond donors (Lipinski definition) is 2. The first-order valence-electron chi connectivity index (χ1n) is 8.13. The number of benzene rings is 2. The second kappa shape index (κ2) is 7.89. The van der Waals surface area contributed by atoms with Crippen molar-refractivity contribution in [1.29, 1.82) is 0 Å². The average Bonchev–Trinajstić information content (AvgIpc) is 3.39. The van der Waals surface area contributed by atoms with Gasteiger partial charge in [0, 0.05) is 17.5 Å². The number of halogens is 2. The van der Waals surface area contributed by atoms with Gasteiger partial charge in [-0.25, -0.2) is 0 Å². The Kier molecular flexibility index (Phi) is 5.61. The van der Waals surface area contributed by atoms with Gasteiger partial charge >= 0.3 is 0 Å². The van der Waals surface area contributed by atoms with Gasteiger partial charge in [0.25, 0.3) is 5.91 Å². The van der Waals surface area contributed by atoms with Crippen molar-refractivity contribution in [2.75, 3.05) is 0 Å². The molecule has 0 radical (unpaired) electrons. The van der Waals surface area contributed by atoms with E-state index in [2.05, 4.69) is 10.6 Å². The monoisotopic (exact) mass is 376 g/mol. The van der Waals surface area contributed by atoms with Crippen LogP contribution in [-0.4, -0.2) is 23.9 Å². The molecule has 1 atom stereocenters.